The van der Waals surface area contributed by atoms with E-state index in [9.17, 15) is 0 Å². The predicted molar refractivity (Wildman–Crippen MR) is 50.8 cm³/mol. The fraction of sp³-hybridized carbons (Fsp3) is 1.00. The van der Waals surface area contributed by atoms with Crippen molar-refractivity contribution in [2.24, 2.45) is 17.8 Å². The minimum Gasteiger partial charge on any atom is -0.369 e. The number of hydrogen-bond donors (Lipinski definition) is 0. The van der Waals surface area contributed by atoms with Crippen LogP contribution in [-0.4, -0.2) is 17.1 Å². The van der Waals surface area contributed by atoms with Crippen molar-refractivity contribution < 1.29 is 4.74 Å². The number of rotatable bonds is 0. The molecule has 5 atom stereocenters. The summed E-state index contributed by atoms with van der Waals surface area (Å²) >= 11 is 6.63. The molecular formula is C11H15ClO. The minimum absolute atomic E-state index is 0.188. The Kier molecular flexibility index (Phi) is 1.13. The van der Waals surface area contributed by atoms with Gasteiger partial charge in [0.05, 0.1) is 12.2 Å². The third-order valence-electron chi connectivity index (χ3n) is 4.97. The van der Waals surface area contributed by atoms with Gasteiger partial charge in [0.2, 0.25) is 0 Å². The van der Waals surface area contributed by atoms with E-state index in [1.807, 2.05) is 0 Å². The molecule has 0 N–H and O–H groups in total. The van der Waals surface area contributed by atoms with Gasteiger partial charge in [0.25, 0.3) is 0 Å². The van der Waals surface area contributed by atoms with Crippen molar-refractivity contribution in [3.05, 3.63) is 0 Å². The average molecular weight is 199 g/mol. The van der Waals surface area contributed by atoms with Gasteiger partial charge in [-0.2, -0.15) is 0 Å². The van der Waals surface area contributed by atoms with E-state index in [-0.39, 0.29) is 4.87 Å². The van der Waals surface area contributed by atoms with Gasteiger partial charge < -0.3 is 4.74 Å². The standard InChI is InChI=1S/C11H15ClO/c12-10-3-7-1-8(4-10)11(6-13-11)9(2-7)5-10/h7-9H,1-6H2/t7?,8-,9+,10?,11?. The van der Waals surface area contributed by atoms with Crippen LogP contribution < -0.4 is 0 Å². The smallest absolute Gasteiger partial charge is 0.0973 e. The molecule has 1 heterocycles. The van der Waals surface area contributed by atoms with Crippen LogP contribution in [0.5, 0.6) is 0 Å². The summed E-state index contributed by atoms with van der Waals surface area (Å²) < 4.78 is 5.76. The lowest BCUT2D eigenvalue weighted by Gasteiger charge is -2.57. The maximum atomic E-state index is 6.63. The quantitative estimate of drug-likeness (QED) is 0.431. The third kappa shape index (κ3) is 0.794. The average Bonchev–Trinajstić information content (AvgIpc) is 2.77. The second kappa shape index (κ2) is 1.94. The molecule has 2 heteroatoms. The first-order valence-electron chi connectivity index (χ1n) is 5.53. The summed E-state index contributed by atoms with van der Waals surface area (Å²) in [6.07, 6.45) is 6.58. The van der Waals surface area contributed by atoms with Crippen LogP contribution in [0.3, 0.4) is 0 Å². The van der Waals surface area contributed by atoms with Gasteiger partial charge in [-0.15, -0.1) is 11.6 Å². The van der Waals surface area contributed by atoms with Crippen LogP contribution in [0.4, 0.5) is 0 Å². The molecular weight excluding hydrogens is 184 g/mol. The summed E-state index contributed by atoms with van der Waals surface area (Å²) in [5.74, 6) is 2.57. The highest BCUT2D eigenvalue weighted by Gasteiger charge is 2.67. The van der Waals surface area contributed by atoms with Crippen molar-refractivity contribution >= 4 is 11.6 Å². The van der Waals surface area contributed by atoms with Gasteiger partial charge in [0, 0.05) is 4.87 Å². The number of halogens is 1. The highest BCUT2D eigenvalue weighted by atomic mass is 35.5. The van der Waals surface area contributed by atoms with Crippen molar-refractivity contribution in [2.45, 2.75) is 42.6 Å². The van der Waals surface area contributed by atoms with Gasteiger partial charge in [-0.05, 0) is 49.9 Å². The number of hydrogen-bond acceptors (Lipinski definition) is 1. The van der Waals surface area contributed by atoms with Gasteiger partial charge >= 0.3 is 0 Å². The van der Waals surface area contributed by atoms with Crippen molar-refractivity contribution in [1.29, 1.82) is 0 Å². The molecule has 0 amide bonds. The summed E-state index contributed by atoms with van der Waals surface area (Å²) in [5, 5.41) is 0. The normalized spacial score (nSPS) is 67.6. The molecule has 4 saturated carbocycles. The van der Waals surface area contributed by atoms with E-state index in [0.717, 1.165) is 24.4 Å². The molecule has 1 saturated heterocycles. The topological polar surface area (TPSA) is 12.5 Å². The molecule has 5 aliphatic rings. The molecule has 0 aromatic carbocycles. The highest BCUT2D eigenvalue weighted by molar-refractivity contribution is 6.24. The Labute approximate surface area is 83.8 Å². The molecule has 72 valence electrons. The minimum atomic E-state index is 0.188. The Hall–Kier alpha value is 0.250. The lowest BCUT2D eigenvalue weighted by molar-refractivity contribution is -0.0445. The van der Waals surface area contributed by atoms with Crippen LogP contribution in [0.15, 0.2) is 0 Å². The molecule has 0 aromatic rings. The molecule has 1 aliphatic heterocycles. The zero-order valence-corrected chi connectivity index (χ0v) is 8.52. The van der Waals surface area contributed by atoms with E-state index >= 15 is 0 Å². The van der Waals surface area contributed by atoms with Crippen LogP contribution >= 0.6 is 11.6 Å². The molecule has 0 radical (unpaired) electrons. The van der Waals surface area contributed by atoms with E-state index in [2.05, 4.69) is 0 Å². The molecule has 5 rings (SSSR count). The van der Waals surface area contributed by atoms with Crippen LogP contribution in [-0.2, 0) is 4.74 Å². The molecule has 4 aliphatic carbocycles. The number of alkyl halides is 1. The van der Waals surface area contributed by atoms with Crippen LogP contribution in [0.1, 0.15) is 32.1 Å². The van der Waals surface area contributed by atoms with Gasteiger partial charge in [0.15, 0.2) is 0 Å². The second-order valence-electron chi connectivity index (χ2n) is 5.74. The Morgan fingerprint density at radius 3 is 2.15 bits per heavy atom. The van der Waals surface area contributed by atoms with Crippen molar-refractivity contribution in [2.75, 3.05) is 6.61 Å². The van der Waals surface area contributed by atoms with E-state index in [4.69, 9.17) is 16.3 Å². The summed E-state index contributed by atoms with van der Waals surface area (Å²) in [6, 6.07) is 0. The van der Waals surface area contributed by atoms with Crippen LogP contribution in [0.25, 0.3) is 0 Å². The molecule has 3 unspecified atom stereocenters. The third-order valence-corrected chi connectivity index (χ3v) is 5.44. The first kappa shape index (κ1) is 7.53. The van der Waals surface area contributed by atoms with Crippen molar-refractivity contribution in [3.63, 3.8) is 0 Å². The monoisotopic (exact) mass is 198 g/mol. The van der Waals surface area contributed by atoms with Gasteiger partial charge in [-0.3, -0.25) is 0 Å². The number of epoxide rings is 1. The fourth-order valence-corrected chi connectivity index (χ4v) is 5.11. The lowest BCUT2D eigenvalue weighted by atomic mass is 9.51. The molecule has 1 spiro atoms. The molecule has 1 nitrogen and oxygen atoms in total. The van der Waals surface area contributed by atoms with E-state index in [1.54, 1.807) is 0 Å². The van der Waals surface area contributed by atoms with Gasteiger partial charge in [0.1, 0.15) is 0 Å². The summed E-state index contributed by atoms with van der Waals surface area (Å²) in [7, 11) is 0. The summed E-state index contributed by atoms with van der Waals surface area (Å²) in [5.41, 5.74) is 0.343. The van der Waals surface area contributed by atoms with Crippen LogP contribution in [0, 0.1) is 17.8 Å². The first-order chi connectivity index (χ1) is 6.20. The zero-order chi connectivity index (χ0) is 8.68. The lowest BCUT2D eigenvalue weighted by Crippen LogP contribution is -2.56. The maximum Gasteiger partial charge on any atom is 0.0973 e. The Bertz CT molecular complexity index is 253. The predicted octanol–water partition coefficient (Wildman–Crippen LogP) is 2.57. The molecule has 4 bridgehead atoms. The maximum absolute atomic E-state index is 6.63. The first-order valence-corrected chi connectivity index (χ1v) is 5.91. The largest absolute Gasteiger partial charge is 0.369 e. The Morgan fingerprint density at radius 1 is 1.08 bits per heavy atom. The fourth-order valence-electron chi connectivity index (χ4n) is 4.52. The second-order valence-corrected chi connectivity index (χ2v) is 6.54. The van der Waals surface area contributed by atoms with Gasteiger partial charge in [-0.1, -0.05) is 0 Å². The molecule has 5 fully saturated rings. The molecule has 0 aromatic heterocycles. The Balaban J connectivity index is 1.79. The Morgan fingerprint density at radius 2 is 1.69 bits per heavy atom. The van der Waals surface area contributed by atoms with E-state index in [1.165, 1.54) is 32.1 Å². The SMILES string of the molecule is ClC12CC3C[C@H](C1)C1(CO1)[C@@H](C3)C2. The van der Waals surface area contributed by atoms with Crippen LogP contribution in [0.2, 0.25) is 0 Å². The van der Waals surface area contributed by atoms with E-state index in [0.29, 0.717) is 5.60 Å². The zero-order valence-electron chi connectivity index (χ0n) is 7.76. The van der Waals surface area contributed by atoms with Gasteiger partial charge in [-0.25, -0.2) is 0 Å². The summed E-state index contributed by atoms with van der Waals surface area (Å²) in [6.45, 7) is 1.04. The highest BCUT2D eigenvalue weighted by Crippen LogP contribution is 2.66. The van der Waals surface area contributed by atoms with E-state index < -0.39 is 0 Å². The number of ether oxygens (including phenoxy) is 1. The van der Waals surface area contributed by atoms with Crippen molar-refractivity contribution in [1.82, 2.24) is 0 Å². The summed E-state index contributed by atoms with van der Waals surface area (Å²) in [4.78, 5) is 0.188. The molecule has 13 heavy (non-hydrogen) atoms. The van der Waals surface area contributed by atoms with Crippen molar-refractivity contribution in [3.8, 4) is 0 Å².